The minimum Gasteiger partial charge on any atom is -0.420 e. The third-order valence-corrected chi connectivity index (χ3v) is 5.51. The molecule has 30 heavy (non-hydrogen) atoms. The van der Waals surface area contributed by atoms with Crippen molar-refractivity contribution in [3.63, 3.8) is 0 Å². The first-order chi connectivity index (χ1) is 14.2. The SMILES string of the molecule is Cl.O=c1cc(C2CCNCC2)n2ncc(-c3nnc(Cc4ccc(Cl)cc4)o3)c2[nH]1. The summed E-state index contributed by atoms with van der Waals surface area (Å²) in [5, 5.41) is 16.8. The Kier molecular flexibility index (Phi) is 5.90. The van der Waals surface area contributed by atoms with Crippen molar-refractivity contribution in [3.8, 4) is 11.5 Å². The molecule has 0 aliphatic carbocycles. The van der Waals surface area contributed by atoms with Gasteiger partial charge in [-0.1, -0.05) is 23.7 Å². The molecule has 1 fully saturated rings. The largest absolute Gasteiger partial charge is 0.420 e. The fourth-order valence-corrected chi connectivity index (χ4v) is 3.91. The van der Waals surface area contributed by atoms with Crippen LogP contribution in [0.2, 0.25) is 5.02 Å². The molecule has 0 bridgehead atoms. The standard InChI is InChI=1S/C20H19ClN6O2.ClH/c21-14-3-1-12(2-4-14)9-18-25-26-20(29-18)15-11-23-27-16(10-17(28)24-19(15)27)13-5-7-22-8-6-13;/h1-4,10-11,13,22H,5-9H2,(H,24,28);1H. The van der Waals surface area contributed by atoms with Crippen molar-refractivity contribution in [1.82, 2.24) is 30.1 Å². The van der Waals surface area contributed by atoms with E-state index in [0.717, 1.165) is 37.2 Å². The highest BCUT2D eigenvalue weighted by Gasteiger charge is 2.22. The zero-order chi connectivity index (χ0) is 19.8. The van der Waals surface area contributed by atoms with Crippen LogP contribution in [0.3, 0.4) is 0 Å². The number of piperidine rings is 1. The molecule has 0 unspecified atom stereocenters. The van der Waals surface area contributed by atoms with Gasteiger partial charge in [-0.3, -0.25) is 4.79 Å². The number of aromatic nitrogens is 5. The Morgan fingerprint density at radius 2 is 1.93 bits per heavy atom. The fraction of sp³-hybridized carbons (Fsp3) is 0.300. The second-order valence-corrected chi connectivity index (χ2v) is 7.64. The molecule has 0 spiro atoms. The van der Waals surface area contributed by atoms with E-state index in [9.17, 15) is 4.79 Å². The quantitative estimate of drug-likeness (QED) is 0.498. The van der Waals surface area contributed by atoms with Gasteiger partial charge >= 0.3 is 0 Å². The molecule has 0 atom stereocenters. The first-order valence-corrected chi connectivity index (χ1v) is 9.94. The molecule has 5 rings (SSSR count). The molecule has 1 aliphatic heterocycles. The van der Waals surface area contributed by atoms with Gasteiger partial charge in [-0.2, -0.15) is 5.10 Å². The molecule has 10 heteroatoms. The van der Waals surface area contributed by atoms with Crippen LogP contribution in [0.5, 0.6) is 0 Å². The highest BCUT2D eigenvalue weighted by Crippen LogP contribution is 2.28. The minimum absolute atomic E-state index is 0. The molecule has 4 aromatic rings. The predicted octanol–water partition coefficient (Wildman–Crippen LogP) is 3.21. The fourth-order valence-electron chi connectivity index (χ4n) is 3.79. The maximum Gasteiger partial charge on any atom is 0.253 e. The lowest BCUT2D eigenvalue weighted by molar-refractivity contribution is 0.446. The molecular formula is C20H20Cl2N6O2. The van der Waals surface area contributed by atoms with Crippen molar-refractivity contribution < 1.29 is 4.42 Å². The average molecular weight is 447 g/mol. The molecular weight excluding hydrogens is 427 g/mol. The van der Waals surface area contributed by atoms with Gasteiger partial charge in [0.2, 0.25) is 5.89 Å². The van der Waals surface area contributed by atoms with Crippen LogP contribution in [0.1, 0.15) is 35.9 Å². The number of H-pyrrole nitrogens is 1. The summed E-state index contributed by atoms with van der Waals surface area (Å²) in [6.45, 7) is 1.87. The summed E-state index contributed by atoms with van der Waals surface area (Å²) in [6.07, 6.45) is 4.11. The zero-order valence-corrected chi connectivity index (χ0v) is 17.5. The molecule has 1 saturated heterocycles. The van der Waals surface area contributed by atoms with Crippen molar-refractivity contribution in [3.05, 3.63) is 69.1 Å². The van der Waals surface area contributed by atoms with E-state index in [-0.39, 0.29) is 23.9 Å². The molecule has 4 heterocycles. The van der Waals surface area contributed by atoms with Crippen LogP contribution in [0, 0.1) is 0 Å². The predicted molar refractivity (Wildman–Crippen MR) is 115 cm³/mol. The number of hydrogen-bond acceptors (Lipinski definition) is 6. The van der Waals surface area contributed by atoms with Crippen LogP contribution in [0.25, 0.3) is 17.1 Å². The van der Waals surface area contributed by atoms with Crippen molar-refractivity contribution >= 4 is 29.7 Å². The summed E-state index contributed by atoms with van der Waals surface area (Å²) in [7, 11) is 0. The molecule has 2 N–H and O–H groups in total. The summed E-state index contributed by atoms with van der Waals surface area (Å²) < 4.78 is 7.64. The number of nitrogens with one attached hydrogen (secondary N) is 2. The summed E-state index contributed by atoms with van der Waals surface area (Å²) in [5.41, 5.74) is 2.97. The van der Waals surface area contributed by atoms with Crippen LogP contribution in [-0.2, 0) is 6.42 Å². The van der Waals surface area contributed by atoms with E-state index >= 15 is 0 Å². The van der Waals surface area contributed by atoms with Crippen LogP contribution >= 0.6 is 24.0 Å². The molecule has 0 radical (unpaired) electrons. The highest BCUT2D eigenvalue weighted by atomic mass is 35.5. The Labute approximate surface area is 183 Å². The van der Waals surface area contributed by atoms with E-state index in [0.29, 0.717) is 34.4 Å². The molecule has 8 nitrogen and oxygen atoms in total. The van der Waals surface area contributed by atoms with E-state index in [1.807, 2.05) is 24.3 Å². The Bertz CT molecular complexity index is 1210. The monoisotopic (exact) mass is 446 g/mol. The average Bonchev–Trinajstić information content (AvgIpc) is 3.36. The van der Waals surface area contributed by atoms with E-state index < -0.39 is 0 Å². The van der Waals surface area contributed by atoms with Gasteiger partial charge in [-0.05, 0) is 43.6 Å². The van der Waals surface area contributed by atoms with E-state index in [4.69, 9.17) is 16.0 Å². The van der Waals surface area contributed by atoms with Gasteiger partial charge in [0.15, 0.2) is 0 Å². The van der Waals surface area contributed by atoms with Gasteiger partial charge in [0.25, 0.3) is 11.4 Å². The molecule has 1 aliphatic rings. The lowest BCUT2D eigenvalue weighted by Gasteiger charge is -2.23. The Morgan fingerprint density at radius 3 is 2.70 bits per heavy atom. The lowest BCUT2D eigenvalue weighted by atomic mass is 9.94. The van der Waals surface area contributed by atoms with Crippen LogP contribution < -0.4 is 10.9 Å². The molecule has 3 aromatic heterocycles. The first kappa shape index (κ1) is 20.6. The normalized spacial score (nSPS) is 14.7. The van der Waals surface area contributed by atoms with Crippen LogP contribution in [0.15, 0.2) is 45.7 Å². The lowest BCUT2D eigenvalue weighted by Crippen LogP contribution is -2.28. The topological polar surface area (TPSA) is 101 Å². The Morgan fingerprint density at radius 1 is 1.17 bits per heavy atom. The zero-order valence-electron chi connectivity index (χ0n) is 16.0. The molecule has 1 aromatic carbocycles. The van der Waals surface area contributed by atoms with E-state index in [1.165, 1.54) is 0 Å². The Balaban J connectivity index is 0.00000218. The molecule has 0 saturated carbocycles. The third-order valence-electron chi connectivity index (χ3n) is 5.26. The number of rotatable bonds is 4. The second kappa shape index (κ2) is 8.59. The molecule has 0 amide bonds. The Hall–Kier alpha value is -2.68. The summed E-state index contributed by atoms with van der Waals surface area (Å²) in [4.78, 5) is 15.2. The number of fused-ring (bicyclic) bond motifs is 1. The number of hydrogen-bond donors (Lipinski definition) is 2. The van der Waals surface area contributed by atoms with E-state index in [1.54, 1.807) is 16.8 Å². The summed E-state index contributed by atoms with van der Waals surface area (Å²) in [6, 6.07) is 9.13. The highest BCUT2D eigenvalue weighted by molar-refractivity contribution is 6.30. The smallest absolute Gasteiger partial charge is 0.253 e. The van der Waals surface area contributed by atoms with Crippen molar-refractivity contribution in [2.75, 3.05) is 13.1 Å². The second-order valence-electron chi connectivity index (χ2n) is 7.21. The van der Waals surface area contributed by atoms with Crippen molar-refractivity contribution in [2.45, 2.75) is 25.2 Å². The van der Waals surface area contributed by atoms with Gasteiger partial charge in [0.1, 0.15) is 11.2 Å². The number of benzene rings is 1. The van der Waals surface area contributed by atoms with Crippen LogP contribution in [-0.4, -0.2) is 37.9 Å². The van der Waals surface area contributed by atoms with Crippen LogP contribution in [0.4, 0.5) is 0 Å². The number of nitrogens with zero attached hydrogens (tertiary/aromatic N) is 4. The van der Waals surface area contributed by atoms with E-state index in [2.05, 4.69) is 25.6 Å². The number of aromatic amines is 1. The first-order valence-electron chi connectivity index (χ1n) is 9.56. The minimum atomic E-state index is -0.159. The van der Waals surface area contributed by atoms with Gasteiger partial charge in [-0.25, -0.2) is 4.52 Å². The third kappa shape index (κ3) is 3.98. The maximum atomic E-state index is 12.3. The van der Waals surface area contributed by atoms with Crippen molar-refractivity contribution in [1.29, 1.82) is 0 Å². The molecule has 156 valence electrons. The maximum absolute atomic E-state index is 12.3. The van der Waals surface area contributed by atoms with Gasteiger partial charge in [-0.15, -0.1) is 22.6 Å². The van der Waals surface area contributed by atoms with Gasteiger partial charge in [0.05, 0.1) is 18.3 Å². The summed E-state index contributed by atoms with van der Waals surface area (Å²) in [5.74, 6) is 1.11. The number of halogens is 2. The van der Waals surface area contributed by atoms with Gasteiger partial charge in [0, 0.05) is 17.0 Å². The summed E-state index contributed by atoms with van der Waals surface area (Å²) >= 11 is 5.93. The van der Waals surface area contributed by atoms with Gasteiger partial charge < -0.3 is 14.7 Å². The van der Waals surface area contributed by atoms with Crippen molar-refractivity contribution in [2.24, 2.45) is 0 Å².